The average molecular weight is 404 g/mol. The van der Waals surface area contributed by atoms with Gasteiger partial charge in [0.2, 0.25) is 5.82 Å². The second-order valence-electron chi connectivity index (χ2n) is 4.94. The molecule has 0 aliphatic carbocycles. The van der Waals surface area contributed by atoms with Gasteiger partial charge in [0, 0.05) is 14.7 Å². The van der Waals surface area contributed by atoms with Crippen LogP contribution in [0.4, 0.5) is 0 Å². The summed E-state index contributed by atoms with van der Waals surface area (Å²) in [5.41, 5.74) is 2.71. The first-order valence-corrected chi connectivity index (χ1v) is 7.83. The van der Waals surface area contributed by atoms with Crippen molar-refractivity contribution in [1.29, 1.82) is 0 Å². The molecule has 0 aliphatic heterocycles. The number of halogens is 1. The van der Waals surface area contributed by atoms with E-state index in [1.807, 2.05) is 55.5 Å². The van der Waals surface area contributed by atoms with Crippen molar-refractivity contribution in [3.8, 4) is 11.4 Å². The van der Waals surface area contributed by atoms with Gasteiger partial charge in [0.05, 0.1) is 0 Å². The molecule has 1 aromatic heterocycles. The van der Waals surface area contributed by atoms with E-state index >= 15 is 0 Å². The molecule has 0 atom stereocenters. The molecule has 5 nitrogen and oxygen atoms in total. The van der Waals surface area contributed by atoms with Gasteiger partial charge in [-0.2, -0.15) is 4.80 Å². The third-order valence-electron chi connectivity index (χ3n) is 3.21. The molecule has 1 heterocycles. The second-order valence-corrected chi connectivity index (χ2v) is 6.19. The molecule has 3 aromatic rings. The zero-order valence-corrected chi connectivity index (χ0v) is 14.1. The minimum atomic E-state index is -0.0377. The molecule has 0 amide bonds. The standard InChI is InChI=1S/C16H13IN4O/c1-11-2-4-13(5-3-11)16-18-20-21(19-16)10-15(22)12-6-8-14(17)9-7-12/h2-9H,10H2,1H3. The maximum atomic E-state index is 12.2. The smallest absolute Gasteiger partial charge is 0.204 e. The van der Waals surface area contributed by atoms with Crippen molar-refractivity contribution >= 4 is 28.4 Å². The van der Waals surface area contributed by atoms with Crippen LogP contribution in [0.3, 0.4) is 0 Å². The number of benzene rings is 2. The fraction of sp³-hybridized carbons (Fsp3) is 0.125. The van der Waals surface area contributed by atoms with Gasteiger partial charge in [0.25, 0.3) is 0 Å². The first-order valence-electron chi connectivity index (χ1n) is 6.75. The van der Waals surface area contributed by atoms with Crippen molar-refractivity contribution in [3.05, 3.63) is 63.2 Å². The maximum Gasteiger partial charge on any atom is 0.204 e. The van der Waals surface area contributed by atoms with Crippen molar-refractivity contribution in [1.82, 2.24) is 20.2 Å². The normalized spacial score (nSPS) is 10.6. The summed E-state index contributed by atoms with van der Waals surface area (Å²) in [6.45, 7) is 2.10. The highest BCUT2D eigenvalue weighted by Gasteiger charge is 2.11. The Hall–Kier alpha value is -2.09. The lowest BCUT2D eigenvalue weighted by molar-refractivity contribution is 0.0961. The summed E-state index contributed by atoms with van der Waals surface area (Å²) >= 11 is 2.20. The third-order valence-corrected chi connectivity index (χ3v) is 3.93. The summed E-state index contributed by atoms with van der Waals surface area (Å²) < 4.78 is 1.09. The van der Waals surface area contributed by atoms with Crippen molar-refractivity contribution in [3.63, 3.8) is 0 Å². The Morgan fingerprint density at radius 1 is 1.09 bits per heavy atom. The van der Waals surface area contributed by atoms with E-state index in [-0.39, 0.29) is 12.3 Å². The third kappa shape index (κ3) is 3.38. The van der Waals surface area contributed by atoms with Gasteiger partial charge >= 0.3 is 0 Å². The van der Waals surface area contributed by atoms with Gasteiger partial charge in [-0.1, -0.05) is 42.0 Å². The highest BCUT2D eigenvalue weighted by atomic mass is 127. The predicted molar refractivity (Wildman–Crippen MR) is 91.5 cm³/mol. The van der Waals surface area contributed by atoms with Gasteiger partial charge < -0.3 is 0 Å². The molecule has 3 rings (SSSR count). The van der Waals surface area contributed by atoms with Crippen molar-refractivity contribution in [2.75, 3.05) is 0 Å². The number of tetrazole rings is 1. The Morgan fingerprint density at radius 3 is 2.45 bits per heavy atom. The minimum absolute atomic E-state index is 0.0377. The van der Waals surface area contributed by atoms with Crippen molar-refractivity contribution in [2.24, 2.45) is 0 Å². The number of aryl methyl sites for hydroxylation is 1. The molecular formula is C16H13IN4O. The van der Waals surface area contributed by atoms with E-state index in [1.54, 1.807) is 0 Å². The van der Waals surface area contributed by atoms with Crippen molar-refractivity contribution in [2.45, 2.75) is 13.5 Å². The number of aromatic nitrogens is 4. The first kappa shape index (κ1) is 14.8. The predicted octanol–water partition coefficient (Wildman–Crippen LogP) is 3.14. The van der Waals surface area contributed by atoms with Crippen LogP contribution in [0.2, 0.25) is 0 Å². The van der Waals surface area contributed by atoms with Crippen LogP contribution in [0, 0.1) is 10.5 Å². The average Bonchev–Trinajstić information content (AvgIpc) is 2.97. The number of carbonyl (C=O) groups is 1. The van der Waals surface area contributed by atoms with Gasteiger partial charge in [-0.15, -0.1) is 10.2 Å². The molecule has 0 unspecified atom stereocenters. The van der Waals surface area contributed by atoms with Crippen LogP contribution in [-0.4, -0.2) is 26.0 Å². The van der Waals surface area contributed by atoms with Gasteiger partial charge in [-0.3, -0.25) is 4.79 Å². The maximum absolute atomic E-state index is 12.2. The van der Waals surface area contributed by atoms with Crippen LogP contribution >= 0.6 is 22.6 Å². The SMILES string of the molecule is Cc1ccc(-c2nnn(CC(=O)c3ccc(I)cc3)n2)cc1. The van der Waals surface area contributed by atoms with E-state index in [0.717, 1.165) is 9.13 Å². The zero-order chi connectivity index (χ0) is 15.5. The Bertz CT molecular complexity index is 794. The molecular weight excluding hydrogens is 391 g/mol. The molecule has 0 saturated carbocycles. The topological polar surface area (TPSA) is 60.7 Å². The van der Waals surface area contributed by atoms with E-state index in [2.05, 4.69) is 38.0 Å². The van der Waals surface area contributed by atoms with Crippen LogP contribution in [0.25, 0.3) is 11.4 Å². The first-order chi connectivity index (χ1) is 10.6. The fourth-order valence-corrected chi connectivity index (χ4v) is 2.34. The van der Waals surface area contributed by atoms with E-state index in [9.17, 15) is 4.79 Å². The van der Waals surface area contributed by atoms with Gasteiger partial charge in [0.15, 0.2) is 5.78 Å². The second kappa shape index (κ2) is 6.35. The highest BCUT2D eigenvalue weighted by Crippen LogP contribution is 2.14. The lowest BCUT2D eigenvalue weighted by atomic mass is 10.1. The minimum Gasteiger partial charge on any atom is -0.292 e. The number of ketones is 1. The van der Waals surface area contributed by atoms with E-state index in [0.29, 0.717) is 11.4 Å². The molecule has 6 heteroatoms. The molecule has 0 radical (unpaired) electrons. The number of hydrogen-bond donors (Lipinski definition) is 0. The molecule has 110 valence electrons. The van der Waals surface area contributed by atoms with Crippen molar-refractivity contribution < 1.29 is 4.79 Å². The molecule has 0 aliphatic rings. The number of rotatable bonds is 4. The number of nitrogens with zero attached hydrogens (tertiary/aromatic N) is 4. The van der Waals surface area contributed by atoms with Crippen LogP contribution in [0.1, 0.15) is 15.9 Å². The lowest BCUT2D eigenvalue weighted by Gasteiger charge is -2.00. The Labute approximate surface area is 141 Å². The van der Waals surface area contributed by atoms with Crippen LogP contribution in [-0.2, 0) is 6.54 Å². The zero-order valence-electron chi connectivity index (χ0n) is 11.9. The highest BCUT2D eigenvalue weighted by molar-refractivity contribution is 14.1. The van der Waals surface area contributed by atoms with E-state index in [1.165, 1.54) is 10.4 Å². The Morgan fingerprint density at radius 2 is 1.77 bits per heavy atom. The number of Topliss-reactive ketones (excluding diaryl/α,β-unsaturated/α-hetero) is 1. The molecule has 0 bridgehead atoms. The summed E-state index contributed by atoms with van der Waals surface area (Å²) in [6, 6.07) is 15.3. The van der Waals surface area contributed by atoms with Crippen LogP contribution < -0.4 is 0 Å². The van der Waals surface area contributed by atoms with Crippen LogP contribution in [0.15, 0.2) is 48.5 Å². The molecule has 0 fully saturated rings. The summed E-state index contributed by atoms with van der Waals surface area (Å²) in [7, 11) is 0. The summed E-state index contributed by atoms with van der Waals surface area (Å²) in [4.78, 5) is 13.5. The van der Waals surface area contributed by atoms with Gasteiger partial charge in [-0.05, 0) is 46.9 Å². The molecule has 2 aromatic carbocycles. The summed E-state index contributed by atoms with van der Waals surface area (Å²) in [5, 5.41) is 12.2. The summed E-state index contributed by atoms with van der Waals surface area (Å²) in [6.07, 6.45) is 0. The number of carbonyl (C=O) groups excluding carboxylic acids is 1. The summed E-state index contributed by atoms with van der Waals surface area (Å²) in [5.74, 6) is 0.486. The van der Waals surface area contributed by atoms with Gasteiger partial charge in [-0.25, -0.2) is 0 Å². The molecule has 0 saturated heterocycles. The quantitative estimate of drug-likeness (QED) is 0.495. The Kier molecular flexibility index (Phi) is 4.28. The van der Waals surface area contributed by atoms with Gasteiger partial charge in [0.1, 0.15) is 6.54 Å². The largest absolute Gasteiger partial charge is 0.292 e. The Balaban J connectivity index is 1.75. The monoisotopic (exact) mass is 404 g/mol. The van der Waals surface area contributed by atoms with E-state index < -0.39 is 0 Å². The van der Waals surface area contributed by atoms with Crippen LogP contribution in [0.5, 0.6) is 0 Å². The fourth-order valence-electron chi connectivity index (χ4n) is 1.98. The lowest BCUT2D eigenvalue weighted by Crippen LogP contribution is -2.13. The number of hydrogen-bond acceptors (Lipinski definition) is 4. The molecule has 22 heavy (non-hydrogen) atoms. The molecule has 0 spiro atoms. The van der Waals surface area contributed by atoms with E-state index in [4.69, 9.17) is 0 Å². The molecule has 0 N–H and O–H groups in total.